The van der Waals surface area contributed by atoms with Gasteiger partial charge in [-0.15, -0.1) is 0 Å². The Morgan fingerprint density at radius 3 is 2.37 bits per heavy atom. The number of carbonyl (C=O) groups is 1. The molecule has 2 aromatic carbocycles. The molecule has 2 rings (SSSR count). The summed E-state index contributed by atoms with van der Waals surface area (Å²) in [5, 5.41) is 2.81. The van der Waals surface area contributed by atoms with E-state index < -0.39 is 10.0 Å². The van der Waals surface area contributed by atoms with Gasteiger partial charge in [-0.2, -0.15) is 0 Å². The highest BCUT2D eigenvalue weighted by Gasteiger charge is 2.17. The SMILES string of the molecule is CCCCCCOc1ccccc1C(=O)Nc1ccc(S(=O)(=O)NC(C)CC)cc1. The number of benzene rings is 2. The predicted octanol–water partition coefficient (Wildman–Crippen LogP) is 4.97. The van der Waals surface area contributed by atoms with Crippen LogP contribution in [0.4, 0.5) is 5.69 Å². The zero-order chi connectivity index (χ0) is 22.0. The first-order valence-corrected chi connectivity index (χ1v) is 12.0. The number of nitrogens with one attached hydrogen (secondary N) is 2. The molecule has 0 heterocycles. The van der Waals surface area contributed by atoms with Crippen LogP contribution in [0.2, 0.25) is 0 Å². The van der Waals surface area contributed by atoms with Gasteiger partial charge in [0.25, 0.3) is 5.91 Å². The Kier molecular flexibility index (Phi) is 9.33. The Morgan fingerprint density at radius 1 is 1.00 bits per heavy atom. The fourth-order valence-electron chi connectivity index (χ4n) is 2.82. The molecule has 6 nitrogen and oxygen atoms in total. The molecule has 2 N–H and O–H groups in total. The van der Waals surface area contributed by atoms with Crippen LogP contribution < -0.4 is 14.8 Å². The first-order valence-electron chi connectivity index (χ1n) is 10.5. The molecule has 30 heavy (non-hydrogen) atoms. The van der Waals surface area contributed by atoms with Crippen molar-refractivity contribution in [3.63, 3.8) is 0 Å². The predicted molar refractivity (Wildman–Crippen MR) is 121 cm³/mol. The lowest BCUT2D eigenvalue weighted by molar-refractivity contribution is 0.102. The minimum atomic E-state index is -3.58. The first kappa shape index (κ1) is 23.9. The van der Waals surface area contributed by atoms with Gasteiger partial charge in [0, 0.05) is 11.7 Å². The molecular formula is C23H32N2O4S. The van der Waals surface area contributed by atoms with Crippen molar-refractivity contribution in [2.45, 2.75) is 63.8 Å². The van der Waals surface area contributed by atoms with E-state index in [4.69, 9.17) is 4.74 Å². The van der Waals surface area contributed by atoms with Crippen LogP contribution in [-0.2, 0) is 10.0 Å². The second-order valence-electron chi connectivity index (χ2n) is 7.31. The Morgan fingerprint density at radius 2 is 1.70 bits per heavy atom. The van der Waals surface area contributed by atoms with Gasteiger partial charge < -0.3 is 10.1 Å². The molecule has 0 aliphatic heterocycles. The third kappa shape index (κ3) is 7.15. The van der Waals surface area contributed by atoms with Gasteiger partial charge in [-0.3, -0.25) is 4.79 Å². The molecule has 0 fully saturated rings. The quantitative estimate of drug-likeness (QED) is 0.464. The van der Waals surface area contributed by atoms with Crippen molar-refractivity contribution in [2.24, 2.45) is 0 Å². The molecule has 7 heteroatoms. The summed E-state index contributed by atoms with van der Waals surface area (Å²) < 4.78 is 33.1. The molecule has 0 aliphatic carbocycles. The maximum Gasteiger partial charge on any atom is 0.259 e. The number of amides is 1. The van der Waals surface area contributed by atoms with Crippen LogP contribution in [-0.4, -0.2) is 27.0 Å². The monoisotopic (exact) mass is 432 g/mol. The van der Waals surface area contributed by atoms with Crippen molar-refractivity contribution in [3.8, 4) is 5.75 Å². The third-order valence-corrected chi connectivity index (χ3v) is 6.38. The topological polar surface area (TPSA) is 84.5 Å². The molecule has 0 saturated heterocycles. The van der Waals surface area contributed by atoms with Gasteiger partial charge in [-0.25, -0.2) is 13.1 Å². The van der Waals surface area contributed by atoms with Crippen molar-refractivity contribution in [1.82, 2.24) is 4.72 Å². The fourth-order valence-corrected chi connectivity index (χ4v) is 4.15. The zero-order valence-electron chi connectivity index (χ0n) is 18.0. The Balaban J connectivity index is 2.03. The summed E-state index contributed by atoms with van der Waals surface area (Å²) in [5.74, 6) is 0.246. The van der Waals surface area contributed by atoms with Crippen molar-refractivity contribution < 1.29 is 17.9 Å². The average molecular weight is 433 g/mol. The van der Waals surface area contributed by atoms with Crippen molar-refractivity contribution in [3.05, 3.63) is 54.1 Å². The number of unbranched alkanes of at least 4 members (excludes halogenated alkanes) is 3. The second-order valence-corrected chi connectivity index (χ2v) is 9.03. The van der Waals surface area contributed by atoms with E-state index in [1.54, 1.807) is 30.3 Å². The van der Waals surface area contributed by atoms with E-state index in [9.17, 15) is 13.2 Å². The van der Waals surface area contributed by atoms with E-state index in [1.165, 1.54) is 18.6 Å². The van der Waals surface area contributed by atoms with E-state index in [-0.39, 0.29) is 16.8 Å². The number of sulfonamides is 1. The number of para-hydroxylation sites is 1. The van der Waals surface area contributed by atoms with Gasteiger partial charge >= 0.3 is 0 Å². The summed E-state index contributed by atoms with van der Waals surface area (Å²) in [6.07, 6.45) is 5.08. The van der Waals surface area contributed by atoms with Crippen molar-refractivity contribution in [1.29, 1.82) is 0 Å². The molecule has 164 valence electrons. The largest absolute Gasteiger partial charge is 0.493 e. The number of hydrogen-bond donors (Lipinski definition) is 2. The van der Waals surface area contributed by atoms with Crippen LogP contribution in [0, 0.1) is 0 Å². The van der Waals surface area contributed by atoms with Crippen LogP contribution in [0.25, 0.3) is 0 Å². The molecular weight excluding hydrogens is 400 g/mol. The average Bonchev–Trinajstić information content (AvgIpc) is 2.74. The van der Waals surface area contributed by atoms with E-state index in [2.05, 4.69) is 17.0 Å². The lowest BCUT2D eigenvalue weighted by atomic mass is 10.1. The highest BCUT2D eigenvalue weighted by Crippen LogP contribution is 2.21. The maximum absolute atomic E-state index is 12.7. The van der Waals surface area contributed by atoms with E-state index in [0.29, 0.717) is 30.0 Å². The number of rotatable bonds is 12. The highest BCUT2D eigenvalue weighted by atomic mass is 32.2. The second kappa shape index (κ2) is 11.7. The molecule has 0 radical (unpaired) electrons. The standard InChI is InChI=1S/C23H32N2O4S/c1-4-6-7-10-17-29-22-12-9-8-11-21(22)23(26)24-19-13-15-20(16-14-19)30(27,28)25-18(3)5-2/h8-9,11-16,18,25H,4-7,10,17H2,1-3H3,(H,24,26). The van der Waals surface area contributed by atoms with Gasteiger partial charge in [0.2, 0.25) is 10.0 Å². The molecule has 2 aromatic rings. The van der Waals surface area contributed by atoms with Gasteiger partial charge in [0.1, 0.15) is 5.75 Å². The summed E-state index contributed by atoms with van der Waals surface area (Å²) in [6.45, 7) is 6.46. The van der Waals surface area contributed by atoms with Gasteiger partial charge in [0.15, 0.2) is 0 Å². The van der Waals surface area contributed by atoms with E-state index >= 15 is 0 Å². The Hall–Kier alpha value is -2.38. The Bertz CT molecular complexity index is 911. The smallest absolute Gasteiger partial charge is 0.259 e. The first-order chi connectivity index (χ1) is 14.4. The lowest BCUT2D eigenvalue weighted by Gasteiger charge is -2.13. The third-order valence-electron chi connectivity index (χ3n) is 4.78. The lowest BCUT2D eigenvalue weighted by Crippen LogP contribution is -2.31. The molecule has 0 bridgehead atoms. The van der Waals surface area contributed by atoms with E-state index in [0.717, 1.165) is 19.3 Å². The fraction of sp³-hybridized carbons (Fsp3) is 0.435. The summed E-state index contributed by atoms with van der Waals surface area (Å²) in [7, 11) is -3.58. The number of carbonyl (C=O) groups excluding carboxylic acids is 1. The molecule has 0 aromatic heterocycles. The van der Waals surface area contributed by atoms with Crippen LogP contribution >= 0.6 is 0 Å². The van der Waals surface area contributed by atoms with Crippen LogP contribution in [0.3, 0.4) is 0 Å². The highest BCUT2D eigenvalue weighted by molar-refractivity contribution is 7.89. The molecule has 0 aliphatic rings. The van der Waals surface area contributed by atoms with Crippen LogP contribution in [0.1, 0.15) is 63.2 Å². The molecule has 0 spiro atoms. The minimum Gasteiger partial charge on any atom is -0.493 e. The van der Waals surface area contributed by atoms with Crippen molar-refractivity contribution >= 4 is 21.6 Å². The summed E-state index contributed by atoms with van der Waals surface area (Å²) >= 11 is 0. The van der Waals surface area contributed by atoms with Gasteiger partial charge in [-0.1, -0.05) is 45.2 Å². The molecule has 1 atom stereocenters. The number of anilines is 1. The Labute approximate surface area is 180 Å². The molecule has 1 unspecified atom stereocenters. The van der Waals surface area contributed by atoms with Gasteiger partial charge in [-0.05, 0) is 56.2 Å². The van der Waals surface area contributed by atoms with E-state index in [1.807, 2.05) is 19.9 Å². The normalized spacial score (nSPS) is 12.4. The van der Waals surface area contributed by atoms with Crippen molar-refractivity contribution in [2.75, 3.05) is 11.9 Å². The molecule has 1 amide bonds. The van der Waals surface area contributed by atoms with Gasteiger partial charge in [0.05, 0.1) is 17.1 Å². The summed E-state index contributed by atoms with van der Waals surface area (Å²) in [4.78, 5) is 12.9. The number of ether oxygens (including phenoxy) is 1. The number of hydrogen-bond acceptors (Lipinski definition) is 4. The molecule has 0 saturated carbocycles. The summed E-state index contributed by atoms with van der Waals surface area (Å²) in [5.41, 5.74) is 0.961. The van der Waals surface area contributed by atoms with Crippen LogP contribution in [0.5, 0.6) is 5.75 Å². The van der Waals surface area contributed by atoms with Crippen LogP contribution in [0.15, 0.2) is 53.4 Å². The maximum atomic E-state index is 12.7. The zero-order valence-corrected chi connectivity index (χ0v) is 18.8. The minimum absolute atomic E-state index is 0.146. The summed E-state index contributed by atoms with van der Waals surface area (Å²) in [6, 6.07) is 13.1.